The minimum absolute atomic E-state index is 0.289. The zero-order valence-corrected chi connectivity index (χ0v) is 10.9. The lowest BCUT2D eigenvalue weighted by Gasteiger charge is -2.28. The van der Waals surface area contributed by atoms with Crippen LogP contribution in [0.1, 0.15) is 36.4 Å². The number of nitrogens with two attached hydrogens (primary N) is 1. The molecule has 1 saturated heterocycles. The molecule has 1 heterocycles. The van der Waals surface area contributed by atoms with Crippen LogP contribution in [0.25, 0.3) is 0 Å². The van der Waals surface area contributed by atoms with Crippen molar-refractivity contribution in [3.63, 3.8) is 0 Å². The molecule has 1 aromatic carbocycles. The van der Waals surface area contributed by atoms with E-state index in [4.69, 9.17) is 5.73 Å². The van der Waals surface area contributed by atoms with Crippen molar-refractivity contribution in [1.29, 1.82) is 0 Å². The van der Waals surface area contributed by atoms with E-state index in [1.54, 1.807) is 0 Å². The van der Waals surface area contributed by atoms with Crippen molar-refractivity contribution >= 4 is 9.84 Å². The molecule has 1 aliphatic heterocycles. The van der Waals surface area contributed by atoms with Crippen molar-refractivity contribution in [2.24, 2.45) is 5.73 Å². The van der Waals surface area contributed by atoms with Crippen LogP contribution in [0, 0.1) is 6.92 Å². The molecule has 0 radical (unpaired) electrons. The summed E-state index contributed by atoms with van der Waals surface area (Å²) >= 11 is 0. The highest BCUT2D eigenvalue weighted by molar-refractivity contribution is 7.92. The van der Waals surface area contributed by atoms with Gasteiger partial charge in [-0.15, -0.1) is 0 Å². The molecule has 0 spiro atoms. The second-order valence-electron chi connectivity index (χ2n) is 4.78. The van der Waals surface area contributed by atoms with Crippen molar-refractivity contribution < 1.29 is 8.42 Å². The minimum Gasteiger partial charge on any atom is -0.323 e. The van der Waals surface area contributed by atoms with Gasteiger partial charge in [0.1, 0.15) is 0 Å². The van der Waals surface area contributed by atoms with Gasteiger partial charge in [-0.2, -0.15) is 0 Å². The molecule has 4 heteroatoms. The Bertz CT molecular complexity index is 496. The highest BCUT2D eigenvalue weighted by Crippen LogP contribution is 2.30. The number of rotatable bonds is 2. The number of hydrogen-bond acceptors (Lipinski definition) is 3. The molecule has 2 unspecified atom stereocenters. The maximum atomic E-state index is 12.0. The second-order valence-corrected chi connectivity index (χ2v) is 7.12. The molecule has 0 aromatic heterocycles. The van der Waals surface area contributed by atoms with Crippen LogP contribution in [0.4, 0.5) is 0 Å². The SMILES string of the molecule is Cc1ccccc1C(N)C1CCCCS1(=O)=O. The zero-order valence-electron chi connectivity index (χ0n) is 10.1. The molecule has 2 rings (SSSR count). The van der Waals surface area contributed by atoms with Crippen LogP contribution in [0.2, 0.25) is 0 Å². The van der Waals surface area contributed by atoms with Crippen LogP contribution in [-0.4, -0.2) is 19.4 Å². The van der Waals surface area contributed by atoms with Gasteiger partial charge in [0.15, 0.2) is 9.84 Å². The number of sulfone groups is 1. The normalized spacial score (nSPS) is 25.4. The Morgan fingerprint density at radius 1 is 1.29 bits per heavy atom. The molecule has 0 aliphatic carbocycles. The van der Waals surface area contributed by atoms with Crippen molar-refractivity contribution in [3.8, 4) is 0 Å². The second kappa shape index (κ2) is 4.78. The van der Waals surface area contributed by atoms with Gasteiger partial charge in [0, 0.05) is 6.04 Å². The summed E-state index contributed by atoms with van der Waals surface area (Å²) in [6.07, 6.45) is 2.43. The van der Waals surface area contributed by atoms with Gasteiger partial charge in [-0.25, -0.2) is 8.42 Å². The molecule has 3 nitrogen and oxygen atoms in total. The predicted octanol–water partition coefficient (Wildman–Crippen LogP) is 1.96. The highest BCUT2D eigenvalue weighted by atomic mass is 32.2. The van der Waals surface area contributed by atoms with E-state index in [2.05, 4.69) is 0 Å². The zero-order chi connectivity index (χ0) is 12.5. The summed E-state index contributed by atoms with van der Waals surface area (Å²) in [5, 5.41) is -0.405. The molecule has 0 bridgehead atoms. The Balaban J connectivity index is 2.31. The van der Waals surface area contributed by atoms with E-state index in [-0.39, 0.29) is 11.8 Å². The van der Waals surface area contributed by atoms with Crippen molar-refractivity contribution in [2.75, 3.05) is 5.75 Å². The van der Waals surface area contributed by atoms with Gasteiger partial charge in [-0.3, -0.25) is 0 Å². The molecule has 2 N–H and O–H groups in total. The Labute approximate surface area is 103 Å². The Morgan fingerprint density at radius 2 is 2.00 bits per heavy atom. The molecule has 94 valence electrons. The van der Waals surface area contributed by atoms with Gasteiger partial charge in [0.25, 0.3) is 0 Å². The van der Waals surface area contributed by atoms with Crippen LogP contribution in [0.15, 0.2) is 24.3 Å². The van der Waals surface area contributed by atoms with Crippen LogP contribution in [-0.2, 0) is 9.84 Å². The summed E-state index contributed by atoms with van der Waals surface area (Å²) in [4.78, 5) is 0. The average Bonchev–Trinajstić information content (AvgIpc) is 2.28. The van der Waals surface area contributed by atoms with E-state index < -0.39 is 15.1 Å². The van der Waals surface area contributed by atoms with E-state index in [0.717, 1.165) is 24.0 Å². The molecule has 0 amide bonds. The molecule has 1 aliphatic rings. The van der Waals surface area contributed by atoms with Crippen LogP contribution >= 0.6 is 0 Å². The van der Waals surface area contributed by atoms with E-state index in [1.807, 2.05) is 31.2 Å². The monoisotopic (exact) mass is 253 g/mol. The Hall–Kier alpha value is -0.870. The van der Waals surface area contributed by atoms with Gasteiger partial charge < -0.3 is 5.73 Å². The molecular weight excluding hydrogens is 234 g/mol. The van der Waals surface area contributed by atoms with Crippen molar-refractivity contribution in [1.82, 2.24) is 0 Å². The number of hydrogen-bond donors (Lipinski definition) is 1. The fourth-order valence-corrected chi connectivity index (χ4v) is 4.57. The van der Waals surface area contributed by atoms with Gasteiger partial charge >= 0.3 is 0 Å². The smallest absolute Gasteiger partial charge is 0.155 e. The van der Waals surface area contributed by atoms with Crippen LogP contribution < -0.4 is 5.73 Å². The quantitative estimate of drug-likeness (QED) is 0.876. The molecule has 17 heavy (non-hydrogen) atoms. The van der Waals surface area contributed by atoms with Crippen molar-refractivity contribution in [2.45, 2.75) is 37.5 Å². The number of benzene rings is 1. The van der Waals surface area contributed by atoms with E-state index in [1.165, 1.54) is 0 Å². The lowest BCUT2D eigenvalue weighted by atomic mass is 9.96. The first kappa shape index (κ1) is 12.6. The van der Waals surface area contributed by atoms with Gasteiger partial charge in [0.05, 0.1) is 11.0 Å². The van der Waals surface area contributed by atoms with Gasteiger partial charge in [-0.05, 0) is 30.9 Å². The van der Waals surface area contributed by atoms with Crippen molar-refractivity contribution in [3.05, 3.63) is 35.4 Å². The fraction of sp³-hybridized carbons (Fsp3) is 0.538. The molecule has 1 aromatic rings. The van der Waals surface area contributed by atoms with Gasteiger partial charge in [0.2, 0.25) is 0 Å². The van der Waals surface area contributed by atoms with E-state index in [9.17, 15) is 8.42 Å². The van der Waals surface area contributed by atoms with E-state index >= 15 is 0 Å². The third-order valence-electron chi connectivity index (χ3n) is 3.58. The lowest BCUT2D eigenvalue weighted by Crippen LogP contribution is -2.38. The molecule has 2 atom stereocenters. The standard InChI is InChI=1S/C13H19NO2S/c1-10-6-2-3-7-11(10)13(14)12-8-4-5-9-17(12,15)16/h2-3,6-7,12-13H,4-5,8-9,14H2,1H3. The highest BCUT2D eigenvalue weighted by Gasteiger charge is 2.34. The molecular formula is C13H19NO2S. The topological polar surface area (TPSA) is 60.2 Å². The summed E-state index contributed by atoms with van der Waals surface area (Å²) in [6, 6.07) is 7.38. The first-order chi connectivity index (χ1) is 8.02. The van der Waals surface area contributed by atoms with E-state index in [0.29, 0.717) is 6.42 Å². The third kappa shape index (κ3) is 2.53. The van der Waals surface area contributed by atoms with Crippen LogP contribution in [0.3, 0.4) is 0 Å². The fourth-order valence-electron chi connectivity index (χ4n) is 2.54. The summed E-state index contributed by atoms with van der Waals surface area (Å²) in [5.74, 6) is 0.289. The Morgan fingerprint density at radius 3 is 2.65 bits per heavy atom. The Kier molecular flexibility index (Phi) is 3.54. The average molecular weight is 253 g/mol. The van der Waals surface area contributed by atoms with Gasteiger partial charge in [-0.1, -0.05) is 30.7 Å². The lowest BCUT2D eigenvalue weighted by molar-refractivity contribution is 0.504. The summed E-state index contributed by atoms with van der Waals surface area (Å²) < 4.78 is 24.1. The predicted molar refractivity (Wildman–Crippen MR) is 69.5 cm³/mol. The number of aryl methyl sites for hydroxylation is 1. The summed E-state index contributed by atoms with van der Waals surface area (Å²) in [7, 11) is -3.01. The summed E-state index contributed by atoms with van der Waals surface area (Å²) in [6.45, 7) is 1.98. The molecule has 0 saturated carbocycles. The molecule has 1 fully saturated rings. The largest absolute Gasteiger partial charge is 0.323 e. The first-order valence-electron chi connectivity index (χ1n) is 6.05. The minimum atomic E-state index is -3.01. The summed E-state index contributed by atoms with van der Waals surface area (Å²) in [5.41, 5.74) is 8.20. The maximum Gasteiger partial charge on any atom is 0.155 e. The third-order valence-corrected chi connectivity index (χ3v) is 5.89. The first-order valence-corrected chi connectivity index (χ1v) is 7.76. The van der Waals surface area contributed by atoms with Crippen LogP contribution in [0.5, 0.6) is 0 Å². The maximum absolute atomic E-state index is 12.0.